The van der Waals surface area contributed by atoms with Gasteiger partial charge in [-0.3, -0.25) is 4.79 Å². The molecule has 0 bridgehead atoms. The van der Waals surface area contributed by atoms with Crippen LogP contribution in [-0.4, -0.2) is 32.7 Å². The van der Waals surface area contributed by atoms with Crippen LogP contribution in [0.5, 0.6) is 0 Å². The van der Waals surface area contributed by atoms with E-state index in [2.05, 4.69) is 4.72 Å². The van der Waals surface area contributed by atoms with Gasteiger partial charge in [0.2, 0.25) is 15.9 Å². The summed E-state index contributed by atoms with van der Waals surface area (Å²) in [5, 5.41) is 0. The monoisotopic (exact) mass is 358 g/mol. The van der Waals surface area contributed by atoms with Gasteiger partial charge in [0.25, 0.3) is 0 Å². The number of rotatable bonds is 6. The van der Waals surface area contributed by atoms with E-state index in [1.54, 1.807) is 11.8 Å². The predicted molar refractivity (Wildman–Crippen MR) is 99.0 cm³/mol. The van der Waals surface area contributed by atoms with Crippen molar-refractivity contribution in [2.75, 3.05) is 17.2 Å². The molecule has 3 rings (SSSR count). The Bertz CT molecular complexity index is 850. The van der Waals surface area contributed by atoms with Crippen LogP contribution >= 0.6 is 0 Å². The number of carbonyl (C=O) groups is 1. The molecule has 1 aliphatic heterocycles. The number of aryl methyl sites for hydroxylation is 1. The molecule has 25 heavy (non-hydrogen) atoms. The molecule has 1 atom stereocenters. The van der Waals surface area contributed by atoms with Gasteiger partial charge in [0.05, 0.1) is 11.8 Å². The summed E-state index contributed by atoms with van der Waals surface area (Å²) in [5.41, 5.74) is 2.96. The summed E-state index contributed by atoms with van der Waals surface area (Å²) in [6.45, 7) is 2.19. The second-order valence-corrected chi connectivity index (χ2v) is 8.14. The number of anilines is 1. The lowest BCUT2D eigenvalue weighted by Crippen LogP contribution is -2.47. The third kappa shape index (κ3) is 4.27. The van der Waals surface area contributed by atoms with Crippen LogP contribution in [0.25, 0.3) is 0 Å². The number of nitrogens with one attached hydrogen (secondary N) is 1. The Kier molecular flexibility index (Phi) is 5.20. The van der Waals surface area contributed by atoms with Crippen molar-refractivity contribution in [3.05, 3.63) is 65.7 Å². The SMILES string of the molecule is C[C@@H](NS(=O)(=O)CCc1ccccc1)C(=O)N1CCc2ccccc21. The van der Waals surface area contributed by atoms with Crippen molar-refractivity contribution >= 4 is 21.6 Å². The average Bonchev–Trinajstić information content (AvgIpc) is 3.04. The lowest BCUT2D eigenvalue weighted by Gasteiger charge is -2.22. The molecule has 1 N–H and O–H groups in total. The minimum atomic E-state index is -3.53. The van der Waals surface area contributed by atoms with Crippen LogP contribution in [0.4, 0.5) is 5.69 Å². The van der Waals surface area contributed by atoms with Crippen molar-refractivity contribution in [1.29, 1.82) is 0 Å². The average molecular weight is 358 g/mol. The summed E-state index contributed by atoms with van der Waals surface area (Å²) in [5.74, 6) is -0.251. The summed E-state index contributed by atoms with van der Waals surface area (Å²) >= 11 is 0. The van der Waals surface area contributed by atoms with Gasteiger partial charge in [-0.25, -0.2) is 13.1 Å². The summed E-state index contributed by atoms with van der Waals surface area (Å²) in [6, 6.07) is 16.4. The van der Waals surface area contributed by atoms with E-state index in [0.717, 1.165) is 23.2 Å². The first-order valence-corrected chi connectivity index (χ1v) is 10.0. The third-order valence-electron chi connectivity index (χ3n) is 4.38. The molecule has 0 aromatic heterocycles. The summed E-state index contributed by atoms with van der Waals surface area (Å²) in [7, 11) is -3.53. The molecule has 0 spiro atoms. The molecule has 0 aliphatic carbocycles. The molecule has 0 saturated carbocycles. The Balaban J connectivity index is 1.61. The molecule has 1 heterocycles. The maximum Gasteiger partial charge on any atom is 0.244 e. The Morgan fingerprint density at radius 3 is 2.56 bits per heavy atom. The smallest absolute Gasteiger partial charge is 0.244 e. The van der Waals surface area contributed by atoms with Gasteiger partial charge < -0.3 is 4.90 Å². The van der Waals surface area contributed by atoms with Crippen molar-refractivity contribution in [3.63, 3.8) is 0 Å². The minimum absolute atomic E-state index is 0.0365. The fourth-order valence-electron chi connectivity index (χ4n) is 3.08. The molecular formula is C19H22N2O3S. The normalized spacial score (nSPS) is 15.0. The van der Waals surface area contributed by atoms with Crippen LogP contribution in [0.2, 0.25) is 0 Å². The van der Waals surface area contributed by atoms with Gasteiger partial charge in [-0.2, -0.15) is 0 Å². The number of para-hydroxylation sites is 1. The molecule has 0 unspecified atom stereocenters. The van der Waals surface area contributed by atoms with Gasteiger partial charge in [0.1, 0.15) is 0 Å². The fourth-order valence-corrected chi connectivity index (χ4v) is 4.34. The quantitative estimate of drug-likeness (QED) is 0.860. The first-order valence-electron chi connectivity index (χ1n) is 8.39. The van der Waals surface area contributed by atoms with E-state index in [0.29, 0.717) is 13.0 Å². The van der Waals surface area contributed by atoms with E-state index in [9.17, 15) is 13.2 Å². The maximum absolute atomic E-state index is 12.7. The largest absolute Gasteiger partial charge is 0.310 e. The number of sulfonamides is 1. The van der Waals surface area contributed by atoms with Gasteiger partial charge in [-0.1, -0.05) is 48.5 Å². The third-order valence-corrected chi connectivity index (χ3v) is 5.84. The zero-order valence-corrected chi connectivity index (χ0v) is 15.0. The Morgan fingerprint density at radius 2 is 1.80 bits per heavy atom. The highest BCUT2D eigenvalue weighted by atomic mass is 32.2. The lowest BCUT2D eigenvalue weighted by molar-refractivity contribution is -0.119. The predicted octanol–water partition coefficient (Wildman–Crippen LogP) is 2.13. The highest BCUT2D eigenvalue weighted by Gasteiger charge is 2.29. The van der Waals surface area contributed by atoms with Crippen LogP contribution in [-0.2, 0) is 27.7 Å². The van der Waals surface area contributed by atoms with Gasteiger partial charge in [-0.15, -0.1) is 0 Å². The van der Waals surface area contributed by atoms with E-state index in [-0.39, 0.29) is 11.7 Å². The van der Waals surface area contributed by atoms with E-state index in [1.165, 1.54) is 0 Å². The van der Waals surface area contributed by atoms with Gasteiger partial charge in [0.15, 0.2) is 0 Å². The Labute approximate surface area is 148 Å². The number of benzene rings is 2. The summed E-state index contributed by atoms with van der Waals surface area (Å²) < 4.78 is 27.1. The van der Waals surface area contributed by atoms with Crippen LogP contribution in [0.3, 0.4) is 0 Å². The van der Waals surface area contributed by atoms with Crippen molar-refractivity contribution < 1.29 is 13.2 Å². The Hall–Kier alpha value is -2.18. The number of fused-ring (bicyclic) bond motifs is 1. The standard InChI is InChI=1S/C19H22N2O3S/c1-15(19(22)21-13-11-17-9-5-6-10-18(17)21)20-25(23,24)14-12-16-7-3-2-4-8-16/h2-10,15,20H,11-14H2,1H3/t15-/m1/s1. The minimum Gasteiger partial charge on any atom is -0.310 e. The van der Waals surface area contributed by atoms with Crippen LogP contribution in [0.15, 0.2) is 54.6 Å². The molecule has 2 aromatic carbocycles. The van der Waals surface area contributed by atoms with Crippen molar-refractivity contribution in [1.82, 2.24) is 4.72 Å². The topological polar surface area (TPSA) is 66.5 Å². The lowest BCUT2D eigenvalue weighted by atomic mass is 10.2. The second kappa shape index (κ2) is 7.37. The number of carbonyl (C=O) groups excluding carboxylic acids is 1. The van der Waals surface area contributed by atoms with E-state index in [1.807, 2.05) is 54.6 Å². The van der Waals surface area contributed by atoms with Gasteiger partial charge in [0, 0.05) is 12.2 Å². The van der Waals surface area contributed by atoms with Crippen molar-refractivity contribution in [2.45, 2.75) is 25.8 Å². The number of nitrogens with zero attached hydrogens (tertiary/aromatic N) is 1. The van der Waals surface area contributed by atoms with Crippen molar-refractivity contribution in [2.24, 2.45) is 0 Å². The van der Waals surface area contributed by atoms with Crippen LogP contribution in [0, 0.1) is 0 Å². The molecule has 1 aliphatic rings. The first-order chi connectivity index (χ1) is 12.0. The molecule has 0 saturated heterocycles. The number of hydrogen-bond acceptors (Lipinski definition) is 3. The zero-order chi connectivity index (χ0) is 17.9. The second-order valence-electron chi connectivity index (χ2n) is 6.26. The van der Waals surface area contributed by atoms with E-state index in [4.69, 9.17) is 0 Å². The zero-order valence-electron chi connectivity index (χ0n) is 14.2. The highest BCUT2D eigenvalue weighted by Crippen LogP contribution is 2.27. The van der Waals surface area contributed by atoms with Gasteiger partial charge in [-0.05, 0) is 37.0 Å². The molecule has 6 heteroatoms. The molecular weight excluding hydrogens is 336 g/mol. The maximum atomic E-state index is 12.7. The molecule has 0 radical (unpaired) electrons. The molecule has 132 valence electrons. The molecule has 0 fully saturated rings. The van der Waals surface area contributed by atoms with Crippen molar-refractivity contribution in [3.8, 4) is 0 Å². The summed E-state index contributed by atoms with van der Waals surface area (Å²) in [6.07, 6.45) is 1.22. The van der Waals surface area contributed by atoms with Crippen LogP contribution < -0.4 is 9.62 Å². The molecule has 1 amide bonds. The van der Waals surface area contributed by atoms with Crippen LogP contribution in [0.1, 0.15) is 18.1 Å². The molecule has 5 nitrogen and oxygen atoms in total. The van der Waals surface area contributed by atoms with Gasteiger partial charge >= 0.3 is 0 Å². The fraction of sp³-hybridized carbons (Fsp3) is 0.316. The number of hydrogen-bond donors (Lipinski definition) is 1. The molecule has 2 aromatic rings. The van der Waals surface area contributed by atoms with E-state index >= 15 is 0 Å². The highest BCUT2D eigenvalue weighted by molar-refractivity contribution is 7.89. The number of amides is 1. The first kappa shape index (κ1) is 17.6. The Morgan fingerprint density at radius 1 is 1.12 bits per heavy atom. The van der Waals surface area contributed by atoms with E-state index < -0.39 is 16.1 Å². The summed E-state index contributed by atoms with van der Waals surface area (Å²) in [4.78, 5) is 14.3.